The van der Waals surface area contributed by atoms with Crippen molar-refractivity contribution in [3.63, 3.8) is 0 Å². The summed E-state index contributed by atoms with van der Waals surface area (Å²) in [5.41, 5.74) is 0.713. The van der Waals surface area contributed by atoms with E-state index in [0.717, 1.165) is 0 Å². The van der Waals surface area contributed by atoms with Gasteiger partial charge in [-0.25, -0.2) is 0 Å². The maximum atomic E-state index is 9.32. The third-order valence-electron chi connectivity index (χ3n) is 1.65. The second kappa shape index (κ2) is 3.78. The molecule has 0 heterocycles. The number of para-hydroxylation sites is 1. The summed E-state index contributed by atoms with van der Waals surface area (Å²) in [7, 11) is 1.53. The Morgan fingerprint density at radius 2 is 2.17 bits per heavy atom. The van der Waals surface area contributed by atoms with Crippen molar-refractivity contribution in [2.24, 2.45) is 0 Å². The Balaban J connectivity index is 3.18. The molecule has 66 valence electrons. The van der Waals surface area contributed by atoms with Crippen LogP contribution in [0.15, 0.2) is 18.2 Å². The van der Waals surface area contributed by atoms with E-state index in [2.05, 4.69) is 0 Å². The first-order valence-electron chi connectivity index (χ1n) is 3.67. The molecule has 0 unspecified atom stereocenters. The van der Waals surface area contributed by atoms with E-state index in [0.29, 0.717) is 16.3 Å². The zero-order valence-corrected chi connectivity index (χ0v) is 7.80. The molecular formula is C9H11ClO2. The molecule has 12 heavy (non-hydrogen) atoms. The van der Waals surface area contributed by atoms with E-state index in [1.165, 1.54) is 7.11 Å². The number of aliphatic hydroxyl groups excluding tert-OH is 1. The van der Waals surface area contributed by atoms with Gasteiger partial charge in [-0.2, -0.15) is 0 Å². The van der Waals surface area contributed by atoms with Crippen LogP contribution in [-0.2, 0) is 0 Å². The summed E-state index contributed by atoms with van der Waals surface area (Å²) in [5, 5.41) is 9.85. The van der Waals surface area contributed by atoms with Crippen molar-refractivity contribution >= 4 is 11.6 Å². The Kier molecular flexibility index (Phi) is 2.95. The quantitative estimate of drug-likeness (QED) is 0.769. The van der Waals surface area contributed by atoms with Gasteiger partial charge in [0.05, 0.1) is 18.2 Å². The normalized spacial score (nSPS) is 12.7. The van der Waals surface area contributed by atoms with Crippen LogP contribution in [0.2, 0.25) is 5.02 Å². The van der Waals surface area contributed by atoms with E-state index in [1.54, 1.807) is 25.1 Å². The Morgan fingerprint density at radius 1 is 1.50 bits per heavy atom. The first-order chi connectivity index (χ1) is 5.66. The van der Waals surface area contributed by atoms with Crippen LogP contribution in [0, 0.1) is 0 Å². The number of hydrogen-bond acceptors (Lipinski definition) is 2. The fourth-order valence-corrected chi connectivity index (χ4v) is 1.33. The van der Waals surface area contributed by atoms with Crippen molar-refractivity contribution in [3.05, 3.63) is 28.8 Å². The summed E-state index contributed by atoms with van der Waals surface area (Å²) in [4.78, 5) is 0. The predicted octanol–water partition coefficient (Wildman–Crippen LogP) is 2.40. The second-order valence-electron chi connectivity index (χ2n) is 2.54. The van der Waals surface area contributed by atoms with Gasteiger partial charge < -0.3 is 9.84 Å². The topological polar surface area (TPSA) is 29.5 Å². The van der Waals surface area contributed by atoms with Gasteiger partial charge in [-0.1, -0.05) is 23.7 Å². The van der Waals surface area contributed by atoms with E-state index >= 15 is 0 Å². The Labute approximate surface area is 76.7 Å². The molecule has 0 radical (unpaired) electrons. The van der Waals surface area contributed by atoms with Crippen LogP contribution in [0.5, 0.6) is 5.75 Å². The van der Waals surface area contributed by atoms with Gasteiger partial charge in [0, 0.05) is 5.56 Å². The standard InChI is InChI=1S/C9H11ClO2/c1-6(11)7-4-3-5-8(10)9(7)12-2/h3-6,11H,1-2H3/t6-/m1/s1. The molecule has 0 aliphatic heterocycles. The number of aliphatic hydroxyl groups is 1. The predicted molar refractivity (Wildman–Crippen MR) is 48.6 cm³/mol. The minimum absolute atomic E-state index is 0.524. The third-order valence-corrected chi connectivity index (χ3v) is 1.95. The summed E-state index contributed by atoms with van der Waals surface area (Å²) in [6.45, 7) is 1.67. The lowest BCUT2D eigenvalue weighted by Crippen LogP contribution is -1.96. The number of benzene rings is 1. The molecule has 0 saturated carbocycles. The summed E-state index contributed by atoms with van der Waals surface area (Å²) in [6.07, 6.45) is -0.557. The molecule has 3 heteroatoms. The minimum atomic E-state index is -0.557. The summed E-state index contributed by atoms with van der Waals surface area (Å²) >= 11 is 5.84. The number of hydrogen-bond donors (Lipinski definition) is 1. The third kappa shape index (κ3) is 1.71. The fourth-order valence-electron chi connectivity index (χ4n) is 1.07. The molecule has 2 nitrogen and oxygen atoms in total. The van der Waals surface area contributed by atoms with Gasteiger partial charge in [0.2, 0.25) is 0 Å². The highest BCUT2D eigenvalue weighted by atomic mass is 35.5. The molecule has 1 aromatic rings. The zero-order valence-electron chi connectivity index (χ0n) is 7.04. The van der Waals surface area contributed by atoms with Crippen LogP contribution in [0.1, 0.15) is 18.6 Å². The molecule has 0 saturated heterocycles. The highest BCUT2D eigenvalue weighted by Crippen LogP contribution is 2.31. The second-order valence-corrected chi connectivity index (χ2v) is 2.95. The van der Waals surface area contributed by atoms with E-state index in [-0.39, 0.29) is 0 Å². The van der Waals surface area contributed by atoms with Gasteiger partial charge in [-0.15, -0.1) is 0 Å². The average Bonchev–Trinajstić information content (AvgIpc) is 2.03. The van der Waals surface area contributed by atoms with Crippen molar-refractivity contribution in [1.29, 1.82) is 0 Å². The lowest BCUT2D eigenvalue weighted by molar-refractivity contribution is 0.194. The van der Waals surface area contributed by atoms with Crippen LogP contribution in [0.25, 0.3) is 0 Å². The molecule has 1 rings (SSSR count). The molecule has 0 spiro atoms. The van der Waals surface area contributed by atoms with Gasteiger partial charge in [0.1, 0.15) is 5.75 Å². The first-order valence-corrected chi connectivity index (χ1v) is 4.05. The Morgan fingerprint density at radius 3 is 2.58 bits per heavy atom. The van der Waals surface area contributed by atoms with Crippen LogP contribution in [0.4, 0.5) is 0 Å². The van der Waals surface area contributed by atoms with Gasteiger partial charge in [0.15, 0.2) is 0 Å². The van der Waals surface area contributed by atoms with E-state index in [4.69, 9.17) is 16.3 Å². The number of ether oxygens (including phenoxy) is 1. The lowest BCUT2D eigenvalue weighted by Gasteiger charge is -2.11. The molecule has 1 atom stereocenters. The SMILES string of the molecule is COc1c(Cl)cccc1[C@@H](C)O. The highest BCUT2D eigenvalue weighted by molar-refractivity contribution is 6.32. The summed E-state index contributed by atoms with van der Waals surface area (Å²) < 4.78 is 5.05. The maximum Gasteiger partial charge on any atom is 0.143 e. The van der Waals surface area contributed by atoms with Crippen LogP contribution in [0.3, 0.4) is 0 Å². The van der Waals surface area contributed by atoms with Crippen LogP contribution >= 0.6 is 11.6 Å². The van der Waals surface area contributed by atoms with E-state index < -0.39 is 6.10 Å². The Bertz CT molecular complexity index is 271. The van der Waals surface area contributed by atoms with E-state index in [9.17, 15) is 5.11 Å². The van der Waals surface area contributed by atoms with Crippen molar-refractivity contribution in [3.8, 4) is 5.75 Å². The Hall–Kier alpha value is -0.730. The fraction of sp³-hybridized carbons (Fsp3) is 0.333. The molecule has 0 fully saturated rings. The van der Waals surface area contributed by atoms with Gasteiger partial charge in [-0.3, -0.25) is 0 Å². The maximum absolute atomic E-state index is 9.32. The molecular weight excluding hydrogens is 176 g/mol. The highest BCUT2D eigenvalue weighted by Gasteiger charge is 2.10. The molecule has 0 aliphatic rings. The van der Waals surface area contributed by atoms with Gasteiger partial charge in [0.25, 0.3) is 0 Å². The number of methoxy groups -OCH3 is 1. The van der Waals surface area contributed by atoms with Crippen molar-refractivity contribution in [2.45, 2.75) is 13.0 Å². The first kappa shape index (κ1) is 9.36. The van der Waals surface area contributed by atoms with Crippen molar-refractivity contribution < 1.29 is 9.84 Å². The molecule has 0 amide bonds. The molecule has 0 aliphatic carbocycles. The van der Waals surface area contributed by atoms with Crippen LogP contribution in [-0.4, -0.2) is 12.2 Å². The van der Waals surface area contributed by atoms with Crippen molar-refractivity contribution in [1.82, 2.24) is 0 Å². The van der Waals surface area contributed by atoms with Gasteiger partial charge >= 0.3 is 0 Å². The van der Waals surface area contributed by atoms with Crippen LogP contribution < -0.4 is 4.74 Å². The summed E-state index contributed by atoms with van der Waals surface area (Å²) in [5.74, 6) is 0.550. The molecule has 1 aromatic carbocycles. The van der Waals surface area contributed by atoms with Crippen molar-refractivity contribution in [2.75, 3.05) is 7.11 Å². The lowest BCUT2D eigenvalue weighted by atomic mass is 10.1. The number of halogens is 1. The van der Waals surface area contributed by atoms with Gasteiger partial charge in [-0.05, 0) is 13.0 Å². The zero-order chi connectivity index (χ0) is 9.14. The molecule has 0 bridgehead atoms. The summed E-state index contributed by atoms with van der Waals surface area (Å²) in [6, 6.07) is 5.30. The molecule has 0 aromatic heterocycles. The largest absolute Gasteiger partial charge is 0.495 e. The minimum Gasteiger partial charge on any atom is -0.495 e. The smallest absolute Gasteiger partial charge is 0.143 e. The molecule has 1 N–H and O–H groups in total. The number of rotatable bonds is 2. The van der Waals surface area contributed by atoms with E-state index in [1.807, 2.05) is 0 Å². The average molecular weight is 187 g/mol. The monoisotopic (exact) mass is 186 g/mol.